The molecular formula is C17H17N4O2S+. The fourth-order valence-electron chi connectivity index (χ4n) is 4.24. The number of amidine groups is 1. The number of thioether (sulfide) groups is 1. The zero-order valence-electron chi connectivity index (χ0n) is 13.2. The average Bonchev–Trinajstić information content (AvgIpc) is 2.84. The molecule has 1 aromatic rings. The molecule has 24 heavy (non-hydrogen) atoms. The Bertz CT molecular complexity index is 803. The minimum Gasteiger partial charge on any atom is -0.494 e. The minimum absolute atomic E-state index is 0.317. The molecule has 1 saturated heterocycles. The second-order valence-electron chi connectivity index (χ2n) is 6.13. The fourth-order valence-corrected chi connectivity index (χ4v) is 5.60. The zero-order chi connectivity index (χ0) is 17.0. The van der Waals surface area contributed by atoms with Gasteiger partial charge in [0, 0.05) is 11.7 Å². The van der Waals surface area contributed by atoms with Crippen molar-refractivity contribution in [2.24, 2.45) is 16.6 Å². The second-order valence-corrected chi connectivity index (χ2v) is 7.40. The van der Waals surface area contributed by atoms with Crippen LogP contribution in [-0.2, 0) is 4.74 Å². The largest absolute Gasteiger partial charge is 0.494 e. The zero-order valence-corrected chi connectivity index (χ0v) is 14.0. The lowest BCUT2D eigenvalue weighted by Gasteiger charge is -2.23. The smallest absolute Gasteiger partial charge is 0.277 e. The monoisotopic (exact) mass is 341 g/mol. The summed E-state index contributed by atoms with van der Waals surface area (Å²) >= 11 is 1.52. The Morgan fingerprint density at radius 1 is 1.38 bits per heavy atom. The number of nitriles is 2. The van der Waals surface area contributed by atoms with E-state index in [0.29, 0.717) is 19.0 Å². The molecule has 0 unspecified atom stereocenters. The van der Waals surface area contributed by atoms with E-state index in [-0.39, 0.29) is 5.92 Å². The Kier molecular flexibility index (Phi) is 3.12. The molecule has 3 aliphatic rings. The van der Waals surface area contributed by atoms with Gasteiger partial charge in [-0.15, -0.1) is 0 Å². The fraction of sp³-hybridized carbons (Fsp3) is 0.471. The second kappa shape index (κ2) is 4.89. The summed E-state index contributed by atoms with van der Waals surface area (Å²) in [7, 11) is 0. The first-order chi connectivity index (χ1) is 11.6. The summed E-state index contributed by atoms with van der Waals surface area (Å²) in [6.07, 6.45) is 0. The van der Waals surface area contributed by atoms with Gasteiger partial charge < -0.3 is 9.47 Å². The number of nitrogens with one attached hydrogen (secondary N) is 1. The van der Waals surface area contributed by atoms with Crippen LogP contribution in [0.5, 0.6) is 5.75 Å². The number of benzene rings is 1. The predicted molar refractivity (Wildman–Crippen MR) is 87.7 cm³/mol. The summed E-state index contributed by atoms with van der Waals surface area (Å²) in [4.78, 5) is 3.11. The van der Waals surface area contributed by atoms with E-state index in [1.807, 2.05) is 31.2 Å². The third-order valence-electron chi connectivity index (χ3n) is 5.22. The molecule has 0 bridgehead atoms. The van der Waals surface area contributed by atoms with E-state index in [2.05, 4.69) is 17.1 Å². The van der Waals surface area contributed by atoms with Gasteiger partial charge in [-0.1, -0.05) is 23.9 Å². The SMILES string of the molecule is CCOc1ccc([C@@H]2[C@@]3(C#N)[C@@]4([NH+]=C(N)[C@@]23C#N)OCCS4)cc1. The van der Waals surface area contributed by atoms with Gasteiger partial charge in [0.25, 0.3) is 10.9 Å². The summed E-state index contributed by atoms with van der Waals surface area (Å²) in [6, 6.07) is 12.3. The summed E-state index contributed by atoms with van der Waals surface area (Å²) in [5.41, 5.74) is 5.02. The number of ether oxygens (including phenoxy) is 2. The lowest BCUT2D eigenvalue weighted by atomic mass is 9.95. The summed E-state index contributed by atoms with van der Waals surface area (Å²) in [6.45, 7) is 3.05. The highest BCUT2D eigenvalue weighted by Gasteiger charge is 2.96. The highest BCUT2D eigenvalue weighted by molar-refractivity contribution is 8.00. The van der Waals surface area contributed by atoms with Gasteiger partial charge in [-0.2, -0.15) is 10.5 Å². The van der Waals surface area contributed by atoms with Crippen LogP contribution in [-0.4, -0.2) is 29.9 Å². The lowest BCUT2D eigenvalue weighted by molar-refractivity contribution is -0.583. The Hall–Kier alpha value is -2.22. The van der Waals surface area contributed by atoms with Crippen LogP contribution in [0.15, 0.2) is 24.3 Å². The van der Waals surface area contributed by atoms with Crippen molar-refractivity contribution in [2.45, 2.75) is 17.9 Å². The number of nitrogens with two attached hydrogens (primary N) is 1. The molecule has 0 amide bonds. The Balaban J connectivity index is 1.82. The maximum atomic E-state index is 10.0. The molecule has 4 rings (SSSR count). The van der Waals surface area contributed by atoms with Crippen molar-refractivity contribution < 1.29 is 14.5 Å². The molecule has 1 aliphatic carbocycles. The highest BCUT2D eigenvalue weighted by Crippen LogP contribution is 2.80. The van der Waals surface area contributed by atoms with Crippen LogP contribution >= 0.6 is 11.8 Å². The van der Waals surface area contributed by atoms with Crippen LogP contribution in [0.4, 0.5) is 0 Å². The number of hydrogen-bond donors (Lipinski definition) is 2. The van der Waals surface area contributed by atoms with Gasteiger partial charge in [0.2, 0.25) is 0 Å². The minimum atomic E-state index is -1.06. The van der Waals surface area contributed by atoms with Crippen molar-refractivity contribution in [3.05, 3.63) is 29.8 Å². The lowest BCUT2D eigenvalue weighted by Crippen LogP contribution is -2.88. The third-order valence-corrected chi connectivity index (χ3v) is 6.54. The van der Waals surface area contributed by atoms with Crippen molar-refractivity contribution >= 4 is 17.6 Å². The number of nitrogens with zero attached hydrogens (tertiary/aromatic N) is 2. The Morgan fingerprint density at radius 2 is 2.12 bits per heavy atom. The van der Waals surface area contributed by atoms with Gasteiger partial charge >= 0.3 is 0 Å². The molecule has 0 radical (unpaired) electrons. The Labute approximate surface area is 144 Å². The average molecular weight is 341 g/mol. The summed E-state index contributed by atoms with van der Waals surface area (Å²) in [5, 5.41) is 19.0. The van der Waals surface area contributed by atoms with E-state index < -0.39 is 15.9 Å². The van der Waals surface area contributed by atoms with Crippen LogP contribution in [0.3, 0.4) is 0 Å². The third kappa shape index (κ3) is 1.47. The molecule has 2 heterocycles. The summed E-state index contributed by atoms with van der Waals surface area (Å²) < 4.78 is 11.4. The highest BCUT2D eigenvalue weighted by atomic mass is 32.2. The van der Waals surface area contributed by atoms with Crippen molar-refractivity contribution in [1.82, 2.24) is 0 Å². The van der Waals surface area contributed by atoms with Crippen LogP contribution in [0.1, 0.15) is 18.4 Å². The van der Waals surface area contributed by atoms with Gasteiger partial charge in [0.1, 0.15) is 5.75 Å². The van der Waals surface area contributed by atoms with Crippen LogP contribution in [0.2, 0.25) is 0 Å². The first-order valence-corrected chi connectivity index (χ1v) is 8.84. The molecule has 1 aromatic carbocycles. The number of fused-ring (bicyclic) bond motifs is 2. The van der Waals surface area contributed by atoms with E-state index in [1.165, 1.54) is 11.8 Å². The number of rotatable bonds is 3. The predicted octanol–water partition coefficient (Wildman–Crippen LogP) is 0.0711. The van der Waals surface area contributed by atoms with Gasteiger partial charge in [-0.25, -0.2) is 4.99 Å². The van der Waals surface area contributed by atoms with Crippen LogP contribution < -0.4 is 15.5 Å². The topological polar surface area (TPSA) is 106 Å². The van der Waals surface area contributed by atoms with E-state index in [4.69, 9.17) is 15.2 Å². The molecule has 4 atom stereocenters. The first-order valence-electron chi connectivity index (χ1n) is 7.86. The molecule has 1 spiro atoms. The van der Waals surface area contributed by atoms with Crippen molar-refractivity contribution in [1.29, 1.82) is 10.5 Å². The Morgan fingerprint density at radius 3 is 2.67 bits per heavy atom. The van der Waals surface area contributed by atoms with Crippen molar-refractivity contribution in [3.8, 4) is 17.9 Å². The van der Waals surface area contributed by atoms with E-state index in [1.54, 1.807) is 0 Å². The van der Waals surface area contributed by atoms with E-state index in [0.717, 1.165) is 17.1 Å². The molecule has 0 aromatic heterocycles. The standard InChI is InChI=1S/C17H16N4O2S/c1-2-22-12-5-3-11(4-6-12)13-15(9-18)14(20)21-17(16(13,15)10-19)23-7-8-24-17/h3-6,13H,2,7-8H2,1H3,(H2,20,21)/p+1/t13-,15+,16+,17+/m0/s1. The molecule has 122 valence electrons. The van der Waals surface area contributed by atoms with Gasteiger partial charge in [-0.3, -0.25) is 5.73 Å². The van der Waals surface area contributed by atoms with E-state index >= 15 is 0 Å². The van der Waals surface area contributed by atoms with E-state index in [9.17, 15) is 10.5 Å². The quantitative estimate of drug-likeness (QED) is 0.806. The molecule has 3 N–H and O–H groups in total. The number of hydrogen-bond acceptors (Lipinski definition) is 6. The molecule has 7 heteroatoms. The normalized spacial score (nSPS) is 39.0. The molecule has 1 saturated carbocycles. The van der Waals surface area contributed by atoms with Gasteiger partial charge in [0.15, 0.2) is 10.8 Å². The molecule has 2 aliphatic heterocycles. The van der Waals surface area contributed by atoms with Gasteiger partial charge in [0.05, 0.1) is 25.4 Å². The van der Waals surface area contributed by atoms with Crippen LogP contribution in [0.25, 0.3) is 0 Å². The molecular weight excluding hydrogens is 324 g/mol. The van der Waals surface area contributed by atoms with Crippen molar-refractivity contribution in [3.63, 3.8) is 0 Å². The maximum absolute atomic E-state index is 10.0. The first kappa shape index (κ1) is 15.3. The van der Waals surface area contributed by atoms with Gasteiger partial charge in [-0.05, 0) is 24.6 Å². The molecule has 6 nitrogen and oxygen atoms in total. The van der Waals surface area contributed by atoms with Crippen LogP contribution in [0, 0.1) is 33.5 Å². The maximum Gasteiger partial charge on any atom is 0.277 e. The molecule has 2 fully saturated rings. The summed E-state index contributed by atoms with van der Waals surface area (Å²) in [5.74, 6) is 1.55. The van der Waals surface area contributed by atoms with Crippen molar-refractivity contribution in [2.75, 3.05) is 19.0 Å².